The number of rotatable bonds is 7. The van der Waals surface area contributed by atoms with Gasteiger partial charge in [-0.05, 0) is 42.2 Å². The molecule has 5 nitrogen and oxygen atoms in total. The lowest BCUT2D eigenvalue weighted by atomic mass is 10.1. The maximum absolute atomic E-state index is 13.8. The molecule has 6 heteroatoms. The van der Waals surface area contributed by atoms with E-state index >= 15 is 0 Å². The van der Waals surface area contributed by atoms with Crippen molar-refractivity contribution in [3.8, 4) is 0 Å². The summed E-state index contributed by atoms with van der Waals surface area (Å²) in [6.45, 7) is 10.2. The van der Waals surface area contributed by atoms with E-state index in [-0.39, 0.29) is 5.82 Å². The van der Waals surface area contributed by atoms with Crippen molar-refractivity contribution in [2.75, 3.05) is 32.8 Å². The van der Waals surface area contributed by atoms with Crippen molar-refractivity contribution in [3.05, 3.63) is 70.5 Å². The molecule has 2 aromatic rings. The van der Waals surface area contributed by atoms with Gasteiger partial charge in [-0.3, -0.25) is 4.90 Å². The molecule has 1 heterocycles. The predicted octanol–water partition coefficient (Wildman–Crippen LogP) is 3.22. The van der Waals surface area contributed by atoms with Crippen molar-refractivity contribution in [1.82, 2.24) is 15.5 Å². The molecule has 0 unspecified atom stereocenters. The Balaban J connectivity index is 1.63. The Morgan fingerprint density at radius 1 is 1.10 bits per heavy atom. The topological polar surface area (TPSA) is 48.9 Å². The lowest BCUT2D eigenvalue weighted by molar-refractivity contribution is 0.0341. The van der Waals surface area contributed by atoms with Crippen molar-refractivity contribution in [1.29, 1.82) is 0 Å². The third kappa shape index (κ3) is 6.54. The maximum Gasteiger partial charge on any atom is 0.191 e. The van der Waals surface area contributed by atoms with E-state index in [1.165, 1.54) is 11.1 Å². The largest absolute Gasteiger partial charge is 0.379 e. The minimum Gasteiger partial charge on any atom is -0.379 e. The standard InChI is InChI=1S/C23H31FN4O/c1-3-25-23(26-15-19-9-8-18(2)22(24)14-19)27-16-20-6-4-5-7-21(20)17-28-10-12-29-13-11-28/h4-9,14H,3,10-13,15-17H2,1-2H3,(H2,25,26,27). The number of aliphatic imine (C=N–C) groups is 1. The van der Waals surface area contributed by atoms with Gasteiger partial charge in [-0.25, -0.2) is 9.38 Å². The molecule has 0 aliphatic carbocycles. The van der Waals surface area contributed by atoms with Gasteiger partial charge in [0.1, 0.15) is 5.82 Å². The first-order valence-electron chi connectivity index (χ1n) is 10.3. The van der Waals surface area contributed by atoms with Crippen LogP contribution in [0.2, 0.25) is 0 Å². The minimum absolute atomic E-state index is 0.187. The van der Waals surface area contributed by atoms with Crippen molar-refractivity contribution < 1.29 is 9.13 Å². The second-order valence-corrected chi connectivity index (χ2v) is 7.29. The van der Waals surface area contributed by atoms with E-state index in [4.69, 9.17) is 4.74 Å². The van der Waals surface area contributed by atoms with Gasteiger partial charge < -0.3 is 15.4 Å². The van der Waals surface area contributed by atoms with E-state index in [1.807, 2.05) is 13.0 Å². The number of halogens is 1. The van der Waals surface area contributed by atoms with Gasteiger partial charge in [0, 0.05) is 32.7 Å². The molecular weight excluding hydrogens is 367 g/mol. The zero-order chi connectivity index (χ0) is 20.5. The second-order valence-electron chi connectivity index (χ2n) is 7.29. The van der Waals surface area contributed by atoms with Crippen LogP contribution in [0, 0.1) is 12.7 Å². The number of ether oxygens (including phenoxy) is 1. The van der Waals surface area contributed by atoms with E-state index < -0.39 is 0 Å². The summed E-state index contributed by atoms with van der Waals surface area (Å²) < 4.78 is 19.2. The smallest absolute Gasteiger partial charge is 0.191 e. The molecule has 0 radical (unpaired) electrons. The number of morpholine rings is 1. The number of nitrogens with one attached hydrogen (secondary N) is 2. The first-order chi connectivity index (χ1) is 14.2. The highest BCUT2D eigenvalue weighted by Gasteiger charge is 2.12. The molecule has 156 valence electrons. The molecule has 0 saturated carbocycles. The van der Waals surface area contributed by atoms with Gasteiger partial charge in [-0.2, -0.15) is 0 Å². The van der Waals surface area contributed by atoms with Gasteiger partial charge in [0.25, 0.3) is 0 Å². The number of hydrogen-bond acceptors (Lipinski definition) is 3. The summed E-state index contributed by atoms with van der Waals surface area (Å²) in [4.78, 5) is 7.04. The Bertz CT molecular complexity index is 818. The highest BCUT2D eigenvalue weighted by atomic mass is 19.1. The third-order valence-corrected chi connectivity index (χ3v) is 5.06. The molecule has 0 spiro atoms. The summed E-state index contributed by atoms with van der Waals surface area (Å²) >= 11 is 0. The van der Waals surface area contributed by atoms with Crippen molar-refractivity contribution in [3.63, 3.8) is 0 Å². The molecule has 1 aliphatic heterocycles. The molecule has 1 aliphatic rings. The van der Waals surface area contributed by atoms with Gasteiger partial charge in [-0.15, -0.1) is 0 Å². The van der Waals surface area contributed by atoms with Gasteiger partial charge in [0.2, 0.25) is 0 Å². The Morgan fingerprint density at radius 3 is 2.59 bits per heavy atom. The van der Waals surface area contributed by atoms with Crippen LogP contribution in [0.25, 0.3) is 0 Å². The zero-order valence-electron chi connectivity index (χ0n) is 17.4. The highest BCUT2D eigenvalue weighted by molar-refractivity contribution is 5.79. The van der Waals surface area contributed by atoms with Gasteiger partial charge in [-0.1, -0.05) is 36.4 Å². The lowest BCUT2D eigenvalue weighted by Crippen LogP contribution is -2.38. The highest BCUT2D eigenvalue weighted by Crippen LogP contribution is 2.13. The summed E-state index contributed by atoms with van der Waals surface area (Å²) in [6.07, 6.45) is 0. The van der Waals surface area contributed by atoms with Gasteiger partial charge in [0.15, 0.2) is 5.96 Å². The molecule has 2 aromatic carbocycles. The lowest BCUT2D eigenvalue weighted by Gasteiger charge is -2.27. The van der Waals surface area contributed by atoms with Crippen LogP contribution in [0.5, 0.6) is 0 Å². The number of hydrogen-bond donors (Lipinski definition) is 2. The van der Waals surface area contributed by atoms with E-state index in [2.05, 4.69) is 44.8 Å². The Kier molecular flexibility index (Phi) is 8.02. The molecule has 0 aromatic heterocycles. The molecular formula is C23H31FN4O. The molecule has 1 fully saturated rings. The number of benzene rings is 2. The third-order valence-electron chi connectivity index (χ3n) is 5.06. The van der Waals surface area contributed by atoms with Gasteiger partial charge in [0.05, 0.1) is 19.8 Å². The SMILES string of the molecule is CCNC(=NCc1ccc(C)c(F)c1)NCc1ccccc1CN1CCOCC1. The Morgan fingerprint density at radius 2 is 1.86 bits per heavy atom. The number of guanidine groups is 1. The monoisotopic (exact) mass is 398 g/mol. The van der Waals surface area contributed by atoms with E-state index in [9.17, 15) is 4.39 Å². The van der Waals surface area contributed by atoms with E-state index in [0.29, 0.717) is 18.7 Å². The van der Waals surface area contributed by atoms with Crippen LogP contribution >= 0.6 is 0 Å². The normalized spacial score (nSPS) is 15.3. The van der Waals surface area contributed by atoms with Crippen LogP contribution < -0.4 is 10.6 Å². The molecule has 1 saturated heterocycles. The average Bonchev–Trinajstić information content (AvgIpc) is 2.74. The van der Waals surface area contributed by atoms with Crippen molar-refractivity contribution >= 4 is 5.96 Å². The van der Waals surface area contributed by atoms with Crippen LogP contribution in [0.3, 0.4) is 0 Å². The fourth-order valence-corrected chi connectivity index (χ4v) is 3.31. The van der Waals surface area contributed by atoms with Gasteiger partial charge >= 0.3 is 0 Å². The van der Waals surface area contributed by atoms with Crippen molar-refractivity contribution in [2.24, 2.45) is 4.99 Å². The Labute approximate surface area is 173 Å². The van der Waals surface area contributed by atoms with Crippen LogP contribution in [0.4, 0.5) is 4.39 Å². The fourth-order valence-electron chi connectivity index (χ4n) is 3.31. The van der Waals surface area contributed by atoms with Crippen LogP contribution in [-0.2, 0) is 24.4 Å². The summed E-state index contributed by atoms with van der Waals surface area (Å²) in [5.74, 6) is 0.544. The zero-order valence-corrected chi connectivity index (χ0v) is 17.4. The molecule has 29 heavy (non-hydrogen) atoms. The summed E-state index contributed by atoms with van der Waals surface area (Å²) in [5, 5.41) is 6.68. The summed E-state index contributed by atoms with van der Waals surface area (Å²) in [5.41, 5.74) is 4.09. The summed E-state index contributed by atoms with van der Waals surface area (Å²) in [6, 6.07) is 13.8. The quantitative estimate of drug-likeness (QED) is 0.555. The van der Waals surface area contributed by atoms with Crippen molar-refractivity contribution in [2.45, 2.75) is 33.5 Å². The molecule has 3 rings (SSSR count). The molecule has 0 atom stereocenters. The maximum atomic E-state index is 13.8. The molecule has 2 N–H and O–H groups in total. The number of nitrogens with zero attached hydrogens (tertiary/aromatic N) is 2. The first-order valence-corrected chi connectivity index (χ1v) is 10.3. The van der Waals surface area contributed by atoms with Crippen LogP contribution in [0.1, 0.15) is 29.2 Å². The fraction of sp³-hybridized carbons (Fsp3) is 0.435. The molecule has 0 amide bonds. The second kappa shape index (κ2) is 10.9. The minimum atomic E-state index is -0.187. The average molecular weight is 399 g/mol. The summed E-state index contributed by atoms with van der Waals surface area (Å²) in [7, 11) is 0. The molecule has 0 bridgehead atoms. The first kappa shape index (κ1) is 21.3. The van der Waals surface area contributed by atoms with Crippen LogP contribution in [-0.4, -0.2) is 43.7 Å². The Hall–Kier alpha value is -2.44. The van der Waals surface area contributed by atoms with E-state index in [1.54, 1.807) is 19.1 Å². The van der Waals surface area contributed by atoms with E-state index in [0.717, 1.165) is 50.9 Å². The van der Waals surface area contributed by atoms with Crippen LogP contribution in [0.15, 0.2) is 47.5 Å². The number of aryl methyl sites for hydroxylation is 1. The predicted molar refractivity (Wildman–Crippen MR) is 115 cm³/mol.